The normalized spacial score (nSPS) is 22.3. The molecule has 2 fully saturated rings. The average Bonchev–Trinajstić information content (AvgIpc) is 3.16. The SMILES string of the molecule is CN(C1CCNC1)S(=O)(=O)c1cccc(S(=O)(=O)N2CCCCC2)c1.Cl. The average molecular weight is 424 g/mol. The fourth-order valence-electron chi connectivity index (χ4n) is 3.36. The number of nitrogens with zero attached hydrogens (tertiary/aromatic N) is 2. The molecular formula is C16H26ClN3O4S2. The van der Waals surface area contributed by atoms with Crippen molar-refractivity contribution in [2.24, 2.45) is 0 Å². The molecule has 3 rings (SSSR count). The lowest BCUT2D eigenvalue weighted by Crippen LogP contribution is -2.38. The van der Waals surface area contributed by atoms with Gasteiger partial charge in [-0.15, -0.1) is 12.4 Å². The number of benzene rings is 1. The number of likely N-dealkylation sites (N-methyl/N-ethyl adjacent to an activating group) is 1. The summed E-state index contributed by atoms with van der Waals surface area (Å²) >= 11 is 0. The van der Waals surface area contributed by atoms with Gasteiger partial charge in [0.05, 0.1) is 9.79 Å². The van der Waals surface area contributed by atoms with Crippen LogP contribution >= 0.6 is 12.4 Å². The molecule has 0 saturated carbocycles. The van der Waals surface area contributed by atoms with Gasteiger partial charge in [-0.2, -0.15) is 8.61 Å². The van der Waals surface area contributed by atoms with Crippen molar-refractivity contribution in [1.29, 1.82) is 0 Å². The molecule has 2 aliphatic heterocycles. The third kappa shape index (κ3) is 4.23. The highest BCUT2D eigenvalue weighted by molar-refractivity contribution is 7.90. The number of hydrogen-bond donors (Lipinski definition) is 1. The van der Waals surface area contributed by atoms with Gasteiger partial charge in [0.2, 0.25) is 20.0 Å². The minimum atomic E-state index is -3.73. The summed E-state index contributed by atoms with van der Waals surface area (Å²) in [5, 5.41) is 3.15. The standard InChI is InChI=1S/C16H25N3O4S2.ClH/c1-18(14-8-9-17-13-14)24(20,21)15-6-5-7-16(12-15)25(22,23)19-10-3-2-4-11-19;/h5-7,12,14,17H,2-4,8-11,13H2,1H3;1H. The van der Waals surface area contributed by atoms with Gasteiger partial charge in [0.25, 0.3) is 0 Å². The van der Waals surface area contributed by atoms with E-state index in [4.69, 9.17) is 0 Å². The molecule has 0 spiro atoms. The number of rotatable bonds is 5. The maximum absolute atomic E-state index is 12.9. The Bertz CT molecular complexity index is 818. The van der Waals surface area contributed by atoms with E-state index in [-0.39, 0.29) is 28.2 Å². The molecule has 7 nitrogen and oxygen atoms in total. The number of halogens is 1. The number of hydrogen-bond acceptors (Lipinski definition) is 5. The molecule has 0 aromatic heterocycles. The molecule has 0 radical (unpaired) electrons. The third-order valence-electron chi connectivity index (χ3n) is 4.98. The van der Waals surface area contributed by atoms with Crippen molar-refractivity contribution in [3.8, 4) is 0 Å². The maximum Gasteiger partial charge on any atom is 0.243 e. The molecule has 0 amide bonds. The fourth-order valence-corrected chi connectivity index (χ4v) is 6.43. The van der Waals surface area contributed by atoms with E-state index >= 15 is 0 Å². The predicted octanol–water partition coefficient (Wildman–Crippen LogP) is 1.27. The first-order valence-corrected chi connectivity index (χ1v) is 11.5. The summed E-state index contributed by atoms with van der Waals surface area (Å²) in [7, 11) is -5.82. The second kappa shape index (κ2) is 8.53. The first-order chi connectivity index (χ1) is 11.8. The second-order valence-electron chi connectivity index (χ2n) is 6.61. The van der Waals surface area contributed by atoms with Gasteiger partial charge in [-0.05, 0) is 44.0 Å². The van der Waals surface area contributed by atoms with Crippen molar-refractivity contribution >= 4 is 32.5 Å². The van der Waals surface area contributed by atoms with Crippen LogP contribution in [0.15, 0.2) is 34.1 Å². The highest BCUT2D eigenvalue weighted by Gasteiger charge is 2.32. The van der Waals surface area contributed by atoms with Gasteiger partial charge in [-0.25, -0.2) is 16.8 Å². The van der Waals surface area contributed by atoms with E-state index in [2.05, 4.69) is 5.32 Å². The van der Waals surface area contributed by atoms with Crippen molar-refractivity contribution in [1.82, 2.24) is 13.9 Å². The summed E-state index contributed by atoms with van der Waals surface area (Å²) in [6.07, 6.45) is 3.46. The molecule has 10 heteroatoms. The van der Waals surface area contributed by atoms with E-state index in [0.29, 0.717) is 19.6 Å². The van der Waals surface area contributed by atoms with Gasteiger partial charge < -0.3 is 5.32 Å². The van der Waals surface area contributed by atoms with Gasteiger partial charge in [0.1, 0.15) is 0 Å². The van der Waals surface area contributed by atoms with Crippen LogP contribution in [-0.4, -0.2) is 64.7 Å². The monoisotopic (exact) mass is 423 g/mol. The van der Waals surface area contributed by atoms with Crippen LogP contribution in [0.25, 0.3) is 0 Å². The molecule has 0 bridgehead atoms. The lowest BCUT2D eigenvalue weighted by atomic mass is 10.2. The Morgan fingerprint density at radius 1 is 1.08 bits per heavy atom. The third-order valence-corrected chi connectivity index (χ3v) is 8.78. The smallest absolute Gasteiger partial charge is 0.243 e. The van der Waals surface area contributed by atoms with Crippen LogP contribution in [0.2, 0.25) is 0 Å². The van der Waals surface area contributed by atoms with Gasteiger partial charge in [-0.3, -0.25) is 0 Å². The highest BCUT2D eigenvalue weighted by atomic mass is 35.5. The van der Waals surface area contributed by atoms with Crippen LogP contribution < -0.4 is 5.32 Å². The van der Waals surface area contributed by atoms with Crippen molar-refractivity contribution in [2.45, 2.75) is 41.5 Å². The minimum Gasteiger partial charge on any atom is -0.315 e. The molecule has 26 heavy (non-hydrogen) atoms. The molecule has 148 valence electrons. The van der Waals surface area contributed by atoms with Gasteiger partial charge in [0, 0.05) is 32.7 Å². The van der Waals surface area contributed by atoms with E-state index in [9.17, 15) is 16.8 Å². The van der Waals surface area contributed by atoms with Crippen LogP contribution in [-0.2, 0) is 20.0 Å². The fraction of sp³-hybridized carbons (Fsp3) is 0.625. The molecule has 1 aromatic rings. The van der Waals surface area contributed by atoms with Crippen LogP contribution in [0.3, 0.4) is 0 Å². The number of piperidine rings is 1. The van der Waals surface area contributed by atoms with E-state index in [1.165, 1.54) is 32.9 Å². The molecule has 0 aliphatic carbocycles. The quantitative estimate of drug-likeness (QED) is 0.770. The first kappa shape index (κ1) is 21.6. The molecule has 2 heterocycles. The predicted molar refractivity (Wildman–Crippen MR) is 103 cm³/mol. The Hall–Kier alpha value is -0.710. The zero-order chi connectivity index (χ0) is 18.1. The van der Waals surface area contributed by atoms with Crippen LogP contribution in [0.1, 0.15) is 25.7 Å². The molecule has 2 aliphatic rings. The number of sulfonamides is 2. The minimum absolute atomic E-state index is 0. The summed E-state index contributed by atoms with van der Waals surface area (Å²) in [5.74, 6) is 0. The van der Waals surface area contributed by atoms with Crippen molar-refractivity contribution in [3.63, 3.8) is 0 Å². The lowest BCUT2D eigenvalue weighted by molar-refractivity contribution is 0.346. The van der Waals surface area contributed by atoms with E-state index in [0.717, 1.165) is 32.2 Å². The van der Waals surface area contributed by atoms with Gasteiger partial charge in [-0.1, -0.05) is 12.5 Å². The molecule has 1 N–H and O–H groups in total. The van der Waals surface area contributed by atoms with E-state index in [1.807, 2.05) is 0 Å². The van der Waals surface area contributed by atoms with Crippen LogP contribution in [0.5, 0.6) is 0 Å². The molecule has 1 atom stereocenters. The maximum atomic E-state index is 12.9. The lowest BCUT2D eigenvalue weighted by Gasteiger charge is -2.26. The Balaban J connectivity index is 0.00000243. The molecule has 1 unspecified atom stereocenters. The van der Waals surface area contributed by atoms with E-state index < -0.39 is 20.0 Å². The van der Waals surface area contributed by atoms with Crippen LogP contribution in [0, 0.1) is 0 Å². The zero-order valence-corrected chi connectivity index (χ0v) is 17.2. The highest BCUT2D eigenvalue weighted by Crippen LogP contribution is 2.25. The van der Waals surface area contributed by atoms with E-state index in [1.54, 1.807) is 7.05 Å². The van der Waals surface area contributed by atoms with Crippen molar-refractivity contribution in [2.75, 3.05) is 33.2 Å². The number of nitrogens with one attached hydrogen (secondary N) is 1. The summed E-state index contributed by atoms with van der Waals surface area (Å²) in [6, 6.07) is 5.62. The molecular weight excluding hydrogens is 398 g/mol. The molecule has 2 saturated heterocycles. The van der Waals surface area contributed by atoms with Crippen LogP contribution in [0.4, 0.5) is 0 Å². The zero-order valence-electron chi connectivity index (χ0n) is 14.8. The van der Waals surface area contributed by atoms with Crippen molar-refractivity contribution in [3.05, 3.63) is 24.3 Å². The summed E-state index contributed by atoms with van der Waals surface area (Å²) in [6.45, 7) is 2.38. The summed E-state index contributed by atoms with van der Waals surface area (Å²) in [5.41, 5.74) is 0. The van der Waals surface area contributed by atoms with Crippen molar-refractivity contribution < 1.29 is 16.8 Å². The Morgan fingerprint density at radius 3 is 2.35 bits per heavy atom. The largest absolute Gasteiger partial charge is 0.315 e. The Morgan fingerprint density at radius 2 is 1.73 bits per heavy atom. The topological polar surface area (TPSA) is 86.8 Å². The Kier molecular flexibility index (Phi) is 7.09. The Labute approximate surface area is 162 Å². The van der Waals surface area contributed by atoms with Gasteiger partial charge >= 0.3 is 0 Å². The second-order valence-corrected chi connectivity index (χ2v) is 10.5. The summed E-state index contributed by atoms with van der Waals surface area (Å²) < 4.78 is 54.1. The van der Waals surface area contributed by atoms with Gasteiger partial charge in [0.15, 0.2) is 0 Å². The molecule has 1 aromatic carbocycles. The summed E-state index contributed by atoms with van der Waals surface area (Å²) in [4.78, 5) is 0.0772. The first-order valence-electron chi connectivity index (χ1n) is 8.62.